The fraction of sp³-hybridized carbons (Fsp3) is 0.700. The van der Waals surface area contributed by atoms with Crippen molar-refractivity contribution >= 4 is 11.8 Å². The normalized spacial score (nSPS) is 13.1. The van der Waals surface area contributed by atoms with Crippen molar-refractivity contribution in [2.75, 3.05) is 12.8 Å². The van der Waals surface area contributed by atoms with Crippen LogP contribution >= 0.6 is 11.8 Å². The molecule has 4 heteroatoms. The summed E-state index contributed by atoms with van der Waals surface area (Å²) >= 11 is 1.87. The molecule has 0 aliphatic heterocycles. The standard InChI is InChI=1S/C10H19N3S/c1-4-5-9(11-2)8-14-10-6-12-13(3)7-10/h6-7,9,11H,4-5,8H2,1-3H3. The zero-order valence-corrected chi connectivity index (χ0v) is 9.97. The summed E-state index contributed by atoms with van der Waals surface area (Å²) in [6.07, 6.45) is 6.45. The molecule has 1 unspecified atom stereocenters. The molecule has 0 fully saturated rings. The van der Waals surface area contributed by atoms with Crippen molar-refractivity contribution < 1.29 is 0 Å². The predicted molar refractivity (Wildman–Crippen MR) is 61.7 cm³/mol. The van der Waals surface area contributed by atoms with Crippen molar-refractivity contribution in [3.05, 3.63) is 12.4 Å². The maximum atomic E-state index is 4.14. The smallest absolute Gasteiger partial charge is 0.0625 e. The third kappa shape index (κ3) is 3.72. The largest absolute Gasteiger partial charge is 0.316 e. The highest BCUT2D eigenvalue weighted by atomic mass is 32.2. The van der Waals surface area contributed by atoms with Crippen LogP contribution in [0, 0.1) is 0 Å². The van der Waals surface area contributed by atoms with E-state index in [4.69, 9.17) is 0 Å². The topological polar surface area (TPSA) is 29.9 Å². The Kier molecular flexibility index (Phi) is 5.04. The highest BCUT2D eigenvalue weighted by Gasteiger charge is 2.05. The van der Waals surface area contributed by atoms with E-state index in [2.05, 4.69) is 23.5 Å². The molecule has 0 aliphatic rings. The predicted octanol–water partition coefficient (Wildman–Crippen LogP) is 1.90. The Morgan fingerprint density at radius 2 is 2.43 bits per heavy atom. The lowest BCUT2D eigenvalue weighted by Gasteiger charge is -2.13. The van der Waals surface area contributed by atoms with Crippen LogP contribution in [-0.4, -0.2) is 28.6 Å². The third-order valence-corrected chi connectivity index (χ3v) is 3.29. The van der Waals surface area contributed by atoms with Gasteiger partial charge >= 0.3 is 0 Å². The molecular weight excluding hydrogens is 194 g/mol. The zero-order chi connectivity index (χ0) is 10.4. The van der Waals surface area contributed by atoms with E-state index in [1.807, 2.05) is 36.7 Å². The zero-order valence-electron chi connectivity index (χ0n) is 9.16. The van der Waals surface area contributed by atoms with Gasteiger partial charge in [-0.3, -0.25) is 4.68 Å². The first-order valence-electron chi connectivity index (χ1n) is 5.05. The number of hydrogen-bond acceptors (Lipinski definition) is 3. The SMILES string of the molecule is CCCC(CSc1cnn(C)c1)NC. The van der Waals surface area contributed by atoms with Gasteiger partial charge in [-0.1, -0.05) is 13.3 Å². The Morgan fingerprint density at radius 1 is 1.64 bits per heavy atom. The molecule has 1 heterocycles. The molecule has 0 aromatic carbocycles. The Bertz CT molecular complexity index is 260. The van der Waals surface area contributed by atoms with E-state index >= 15 is 0 Å². The van der Waals surface area contributed by atoms with Crippen LogP contribution in [0.2, 0.25) is 0 Å². The molecule has 0 saturated carbocycles. The molecule has 3 nitrogen and oxygen atoms in total. The summed E-state index contributed by atoms with van der Waals surface area (Å²) in [5.41, 5.74) is 0. The first-order valence-corrected chi connectivity index (χ1v) is 6.03. The molecule has 0 bridgehead atoms. The molecule has 80 valence electrons. The van der Waals surface area contributed by atoms with Gasteiger partial charge in [0.05, 0.1) is 6.20 Å². The molecule has 0 amide bonds. The van der Waals surface area contributed by atoms with Crippen molar-refractivity contribution in [2.45, 2.75) is 30.7 Å². The molecule has 1 atom stereocenters. The molecule has 1 aromatic heterocycles. The van der Waals surface area contributed by atoms with Crippen LogP contribution in [0.3, 0.4) is 0 Å². The number of nitrogens with one attached hydrogen (secondary N) is 1. The molecule has 1 N–H and O–H groups in total. The second-order valence-corrected chi connectivity index (χ2v) is 4.53. The van der Waals surface area contributed by atoms with Gasteiger partial charge in [-0.2, -0.15) is 5.10 Å². The molecule has 0 saturated heterocycles. The van der Waals surface area contributed by atoms with Gasteiger partial charge in [0.2, 0.25) is 0 Å². The Hall–Kier alpha value is -0.480. The van der Waals surface area contributed by atoms with Crippen molar-refractivity contribution in [3.63, 3.8) is 0 Å². The number of hydrogen-bond donors (Lipinski definition) is 1. The number of rotatable bonds is 6. The quantitative estimate of drug-likeness (QED) is 0.732. The van der Waals surface area contributed by atoms with Gasteiger partial charge in [-0.15, -0.1) is 11.8 Å². The lowest BCUT2D eigenvalue weighted by atomic mass is 10.2. The Labute approximate surface area is 90.3 Å². The van der Waals surface area contributed by atoms with Gasteiger partial charge in [0.25, 0.3) is 0 Å². The Morgan fingerprint density at radius 3 is 2.93 bits per heavy atom. The molecule has 0 radical (unpaired) electrons. The maximum Gasteiger partial charge on any atom is 0.0625 e. The second kappa shape index (κ2) is 6.09. The van der Waals surface area contributed by atoms with Gasteiger partial charge in [-0.05, 0) is 13.5 Å². The van der Waals surface area contributed by atoms with Gasteiger partial charge in [0.15, 0.2) is 0 Å². The summed E-state index contributed by atoms with van der Waals surface area (Å²) in [5, 5.41) is 7.47. The van der Waals surface area contributed by atoms with E-state index in [0.717, 1.165) is 5.75 Å². The summed E-state index contributed by atoms with van der Waals surface area (Å²) < 4.78 is 1.84. The minimum atomic E-state index is 0.616. The number of aryl methyl sites for hydroxylation is 1. The van der Waals surface area contributed by atoms with Crippen LogP contribution in [0.25, 0.3) is 0 Å². The monoisotopic (exact) mass is 213 g/mol. The van der Waals surface area contributed by atoms with Gasteiger partial charge < -0.3 is 5.32 Å². The minimum Gasteiger partial charge on any atom is -0.316 e. The lowest BCUT2D eigenvalue weighted by Crippen LogP contribution is -2.27. The number of aromatic nitrogens is 2. The van der Waals surface area contributed by atoms with Crippen LogP contribution in [-0.2, 0) is 7.05 Å². The van der Waals surface area contributed by atoms with Crippen LogP contribution in [0.1, 0.15) is 19.8 Å². The van der Waals surface area contributed by atoms with Crippen LogP contribution in [0.4, 0.5) is 0 Å². The van der Waals surface area contributed by atoms with Crippen LogP contribution in [0.5, 0.6) is 0 Å². The average molecular weight is 213 g/mol. The average Bonchev–Trinajstić information content (AvgIpc) is 2.59. The first-order chi connectivity index (χ1) is 6.76. The maximum absolute atomic E-state index is 4.14. The van der Waals surface area contributed by atoms with Crippen molar-refractivity contribution in [2.24, 2.45) is 7.05 Å². The fourth-order valence-electron chi connectivity index (χ4n) is 1.33. The summed E-state index contributed by atoms with van der Waals surface area (Å²) in [6, 6.07) is 0.616. The van der Waals surface area contributed by atoms with Crippen molar-refractivity contribution in [1.29, 1.82) is 0 Å². The molecular formula is C10H19N3S. The minimum absolute atomic E-state index is 0.616. The summed E-state index contributed by atoms with van der Waals surface area (Å²) in [4.78, 5) is 1.25. The molecule has 0 spiro atoms. The summed E-state index contributed by atoms with van der Waals surface area (Å²) in [7, 11) is 3.98. The van der Waals surface area contributed by atoms with E-state index in [1.165, 1.54) is 17.7 Å². The van der Waals surface area contributed by atoms with E-state index in [1.54, 1.807) is 0 Å². The van der Waals surface area contributed by atoms with E-state index in [0.29, 0.717) is 6.04 Å². The van der Waals surface area contributed by atoms with E-state index in [-0.39, 0.29) is 0 Å². The van der Waals surface area contributed by atoms with E-state index in [9.17, 15) is 0 Å². The van der Waals surface area contributed by atoms with Crippen LogP contribution < -0.4 is 5.32 Å². The van der Waals surface area contributed by atoms with Crippen LogP contribution in [0.15, 0.2) is 17.3 Å². The highest BCUT2D eigenvalue weighted by molar-refractivity contribution is 7.99. The van der Waals surface area contributed by atoms with Crippen molar-refractivity contribution in [1.82, 2.24) is 15.1 Å². The number of nitrogens with zero attached hydrogens (tertiary/aromatic N) is 2. The van der Waals surface area contributed by atoms with Crippen molar-refractivity contribution in [3.8, 4) is 0 Å². The highest BCUT2D eigenvalue weighted by Crippen LogP contribution is 2.18. The van der Waals surface area contributed by atoms with Gasteiger partial charge in [0.1, 0.15) is 0 Å². The number of thioether (sulfide) groups is 1. The summed E-state index contributed by atoms with van der Waals surface area (Å²) in [6.45, 7) is 2.22. The Balaban J connectivity index is 2.31. The van der Waals surface area contributed by atoms with Gasteiger partial charge in [-0.25, -0.2) is 0 Å². The lowest BCUT2D eigenvalue weighted by molar-refractivity contribution is 0.564. The molecule has 1 rings (SSSR count). The summed E-state index contributed by atoms with van der Waals surface area (Å²) in [5.74, 6) is 1.12. The second-order valence-electron chi connectivity index (χ2n) is 3.43. The van der Waals surface area contributed by atoms with E-state index < -0.39 is 0 Å². The molecule has 1 aromatic rings. The van der Waals surface area contributed by atoms with Gasteiger partial charge in [0, 0.05) is 29.9 Å². The first kappa shape index (κ1) is 11.6. The molecule has 14 heavy (non-hydrogen) atoms. The third-order valence-electron chi connectivity index (χ3n) is 2.18. The fourth-order valence-corrected chi connectivity index (χ4v) is 2.41. The molecule has 0 aliphatic carbocycles.